The number of ether oxygens (including phenoxy) is 2. The summed E-state index contributed by atoms with van der Waals surface area (Å²) < 4.78 is 50.8. The number of nitrogens with zero attached hydrogens (tertiary/aromatic N) is 2. The number of carbonyl (C=O) groups is 1. The number of sulfonamides is 1. The third-order valence-electron chi connectivity index (χ3n) is 3.34. The summed E-state index contributed by atoms with van der Waals surface area (Å²) in [7, 11) is 1.49. The van der Waals surface area contributed by atoms with Gasteiger partial charge in [0.15, 0.2) is 11.5 Å². The highest BCUT2D eigenvalue weighted by Gasteiger charge is 2.30. The number of halogens is 1. The van der Waals surface area contributed by atoms with Crippen LogP contribution in [0.5, 0.6) is 11.5 Å². The van der Waals surface area contributed by atoms with Crippen LogP contribution in [0.3, 0.4) is 0 Å². The fourth-order valence-corrected chi connectivity index (χ4v) is 3.54. The van der Waals surface area contributed by atoms with Gasteiger partial charge in [-0.25, -0.2) is 12.8 Å². The van der Waals surface area contributed by atoms with Crippen molar-refractivity contribution in [2.75, 3.05) is 41.4 Å². The van der Waals surface area contributed by atoms with Gasteiger partial charge in [0.05, 0.1) is 20.8 Å². The number of amides is 1. The molecule has 0 aliphatic carbocycles. The van der Waals surface area contributed by atoms with Crippen LogP contribution < -0.4 is 9.47 Å². The number of benzene rings is 1. The van der Waals surface area contributed by atoms with Gasteiger partial charge in [0, 0.05) is 32.8 Å². The molecule has 0 saturated carbocycles. The van der Waals surface area contributed by atoms with Crippen LogP contribution in [-0.4, -0.2) is 64.9 Å². The Hall–Kier alpha value is -1.87. The van der Waals surface area contributed by atoms with Crippen molar-refractivity contribution in [2.45, 2.75) is 18.2 Å². The Kier molecular flexibility index (Phi) is 6.97. The fourth-order valence-electron chi connectivity index (χ4n) is 2.00. The quantitative estimate of drug-likeness (QED) is 0.697. The topological polar surface area (TPSA) is 76.2 Å². The predicted octanol–water partition coefficient (Wildman–Crippen LogP) is 1.33. The van der Waals surface area contributed by atoms with Crippen LogP contribution >= 0.6 is 0 Å². The Bertz CT molecular complexity index is 691. The van der Waals surface area contributed by atoms with E-state index in [1.165, 1.54) is 33.2 Å². The first-order valence-electron chi connectivity index (χ1n) is 7.30. The van der Waals surface area contributed by atoms with Crippen LogP contribution in [0.2, 0.25) is 0 Å². The van der Waals surface area contributed by atoms with Crippen molar-refractivity contribution in [1.82, 2.24) is 9.21 Å². The zero-order valence-corrected chi connectivity index (χ0v) is 15.3. The van der Waals surface area contributed by atoms with E-state index in [2.05, 4.69) is 0 Å². The molecule has 1 amide bonds. The molecule has 0 aromatic heterocycles. The Morgan fingerprint density at radius 3 is 2.17 bits per heavy atom. The van der Waals surface area contributed by atoms with E-state index in [0.29, 0.717) is 6.42 Å². The SMILES string of the molecule is CCCN(CC(=O)N(C)C)S(=O)(=O)c1cc(OC)c(OC)cc1F. The van der Waals surface area contributed by atoms with Gasteiger partial charge in [0.2, 0.25) is 15.9 Å². The monoisotopic (exact) mass is 362 g/mol. The highest BCUT2D eigenvalue weighted by Crippen LogP contribution is 2.33. The molecule has 0 spiro atoms. The summed E-state index contributed by atoms with van der Waals surface area (Å²) in [6.45, 7) is 1.50. The molecular weight excluding hydrogens is 339 g/mol. The molecule has 0 N–H and O–H groups in total. The lowest BCUT2D eigenvalue weighted by Crippen LogP contribution is -2.40. The molecule has 0 aliphatic heterocycles. The molecule has 7 nitrogen and oxygen atoms in total. The zero-order chi connectivity index (χ0) is 18.5. The number of hydrogen-bond donors (Lipinski definition) is 0. The average molecular weight is 362 g/mol. The summed E-state index contributed by atoms with van der Waals surface area (Å²) in [4.78, 5) is 12.6. The molecule has 0 radical (unpaired) electrons. The maximum atomic E-state index is 14.3. The average Bonchev–Trinajstić information content (AvgIpc) is 2.53. The van der Waals surface area contributed by atoms with E-state index < -0.39 is 26.6 Å². The van der Waals surface area contributed by atoms with E-state index >= 15 is 0 Å². The second-order valence-corrected chi connectivity index (χ2v) is 7.17. The van der Waals surface area contributed by atoms with Crippen molar-refractivity contribution in [1.29, 1.82) is 0 Å². The summed E-state index contributed by atoms with van der Waals surface area (Å²) in [5, 5.41) is 0. The summed E-state index contributed by atoms with van der Waals surface area (Å²) in [6, 6.07) is 2.01. The van der Waals surface area contributed by atoms with Crippen LogP contribution in [0.1, 0.15) is 13.3 Å². The van der Waals surface area contributed by atoms with Gasteiger partial charge in [0.25, 0.3) is 0 Å². The fraction of sp³-hybridized carbons (Fsp3) is 0.533. The van der Waals surface area contributed by atoms with E-state index in [1.807, 2.05) is 0 Å². The molecule has 0 fully saturated rings. The van der Waals surface area contributed by atoms with Crippen LogP contribution in [0.15, 0.2) is 17.0 Å². The minimum Gasteiger partial charge on any atom is -0.493 e. The number of carbonyl (C=O) groups excluding carboxylic acids is 1. The normalized spacial score (nSPS) is 11.5. The first-order valence-corrected chi connectivity index (χ1v) is 8.74. The van der Waals surface area contributed by atoms with E-state index in [4.69, 9.17) is 9.47 Å². The number of methoxy groups -OCH3 is 2. The van der Waals surface area contributed by atoms with Gasteiger partial charge in [-0.1, -0.05) is 6.92 Å². The van der Waals surface area contributed by atoms with E-state index in [9.17, 15) is 17.6 Å². The minimum absolute atomic E-state index is 0.0837. The molecule has 0 saturated heterocycles. The molecule has 1 aromatic carbocycles. The smallest absolute Gasteiger partial charge is 0.246 e. The van der Waals surface area contributed by atoms with Gasteiger partial charge in [-0.15, -0.1) is 0 Å². The lowest BCUT2D eigenvalue weighted by molar-refractivity contribution is -0.128. The van der Waals surface area contributed by atoms with Gasteiger partial charge in [-0.2, -0.15) is 4.31 Å². The zero-order valence-electron chi connectivity index (χ0n) is 14.5. The first-order chi connectivity index (χ1) is 11.2. The third kappa shape index (κ3) is 4.35. The maximum absolute atomic E-state index is 14.3. The summed E-state index contributed by atoms with van der Waals surface area (Å²) in [5.41, 5.74) is 0. The molecule has 9 heteroatoms. The summed E-state index contributed by atoms with van der Waals surface area (Å²) >= 11 is 0. The lowest BCUT2D eigenvalue weighted by Gasteiger charge is -2.23. The Morgan fingerprint density at radius 2 is 1.71 bits per heavy atom. The van der Waals surface area contributed by atoms with Gasteiger partial charge < -0.3 is 14.4 Å². The molecule has 24 heavy (non-hydrogen) atoms. The van der Waals surface area contributed by atoms with E-state index in [0.717, 1.165) is 16.4 Å². The van der Waals surface area contributed by atoms with Crippen molar-refractivity contribution in [3.63, 3.8) is 0 Å². The maximum Gasteiger partial charge on any atom is 0.246 e. The number of hydrogen-bond acceptors (Lipinski definition) is 5. The standard InChI is InChI=1S/C15H23FN2O5S/c1-6-7-18(10-15(19)17(2)3)24(20,21)14-9-13(23-5)12(22-4)8-11(14)16/h8-9H,6-7,10H2,1-5H3. The van der Waals surface area contributed by atoms with Crippen LogP contribution in [0.4, 0.5) is 4.39 Å². The second kappa shape index (κ2) is 8.29. The number of rotatable bonds is 8. The molecule has 0 bridgehead atoms. The van der Waals surface area contributed by atoms with Crippen molar-refractivity contribution in [3.8, 4) is 11.5 Å². The lowest BCUT2D eigenvalue weighted by atomic mass is 10.3. The van der Waals surface area contributed by atoms with Crippen LogP contribution in [0.25, 0.3) is 0 Å². The van der Waals surface area contributed by atoms with Crippen molar-refractivity contribution in [2.24, 2.45) is 0 Å². The predicted molar refractivity (Wildman–Crippen MR) is 87.2 cm³/mol. The van der Waals surface area contributed by atoms with Gasteiger partial charge in [-0.3, -0.25) is 4.79 Å². The largest absolute Gasteiger partial charge is 0.493 e. The van der Waals surface area contributed by atoms with Crippen molar-refractivity contribution >= 4 is 15.9 Å². The van der Waals surface area contributed by atoms with Crippen molar-refractivity contribution < 1.29 is 27.1 Å². The molecule has 0 aliphatic rings. The van der Waals surface area contributed by atoms with Gasteiger partial charge in [-0.05, 0) is 6.42 Å². The Morgan fingerprint density at radius 1 is 1.17 bits per heavy atom. The Labute approximate surface area is 142 Å². The second-order valence-electron chi connectivity index (χ2n) is 5.26. The van der Waals surface area contributed by atoms with Crippen LogP contribution in [-0.2, 0) is 14.8 Å². The summed E-state index contributed by atoms with van der Waals surface area (Å²) in [6.07, 6.45) is 0.481. The van der Waals surface area contributed by atoms with Crippen LogP contribution in [0, 0.1) is 5.82 Å². The number of likely N-dealkylation sites (N-methyl/N-ethyl adjacent to an activating group) is 1. The molecule has 0 heterocycles. The van der Waals surface area contributed by atoms with E-state index in [1.54, 1.807) is 6.92 Å². The highest BCUT2D eigenvalue weighted by atomic mass is 32.2. The highest BCUT2D eigenvalue weighted by molar-refractivity contribution is 7.89. The van der Waals surface area contributed by atoms with E-state index in [-0.39, 0.29) is 24.6 Å². The Balaban J connectivity index is 3.36. The van der Waals surface area contributed by atoms with Gasteiger partial charge in [0.1, 0.15) is 10.7 Å². The molecule has 0 atom stereocenters. The first kappa shape index (κ1) is 20.2. The molecule has 0 unspecified atom stereocenters. The molecule has 136 valence electrons. The third-order valence-corrected chi connectivity index (χ3v) is 5.20. The van der Waals surface area contributed by atoms with Gasteiger partial charge >= 0.3 is 0 Å². The molecule has 1 rings (SSSR count). The van der Waals surface area contributed by atoms with Crippen molar-refractivity contribution in [3.05, 3.63) is 17.9 Å². The summed E-state index contributed by atoms with van der Waals surface area (Å²) in [5.74, 6) is -1.19. The minimum atomic E-state index is -4.20. The molecular formula is C15H23FN2O5S. The molecule has 1 aromatic rings.